The number of amides is 1. The lowest BCUT2D eigenvalue weighted by Crippen LogP contribution is -2.23. The summed E-state index contributed by atoms with van der Waals surface area (Å²) in [6.45, 7) is 4.16. The molecule has 8 nitrogen and oxygen atoms in total. The highest BCUT2D eigenvalue weighted by molar-refractivity contribution is 7.91. The molecule has 162 valence electrons. The van der Waals surface area contributed by atoms with Crippen LogP contribution < -0.4 is 14.9 Å². The highest BCUT2D eigenvalue weighted by Gasteiger charge is 2.21. The summed E-state index contributed by atoms with van der Waals surface area (Å²) in [5.74, 6) is -0.366. The zero-order valence-corrected chi connectivity index (χ0v) is 18.7. The van der Waals surface area contributed by atoms with Gasteiger partial charge < -0.3 is 4.90 Å². The van der Waals surface area contributed by atoms with E-state index in [1.165, 1.54) is 12.8 Å². The van der Waals surface area contributed by atoms with E-state index in [0.717, 1.165) is 41.2 Å². The fourth-order valence-corrected chi connectivity index (χ4v) is 5.32. The number of sulfonamides is 1. The molecule has 31 heavy (non-hydrogen) atoms. The van der Waals surface area contributed by atoms with Gasteiger partial charge in [-0.15, -0.1) is 10.2 Å². The molecule has 0 radical (unpaired) electrons. The van der Waals surface area contributed by atoms with Crippen LogP contribution >= 0.6 is 11.3 Å². The molecule has 10 heteroatoms. The molecule has 2 heterocycles. The fourth-order valence-electron chi connectivity index (χ4n) is 3.36. The molecule has 4 rings (SSSR count). The van der Waals surface area contributed by atoms with E-state index in [2.05, 4.69) is 25.1 Å². The second kappa shape index (κ2) is 9.13. The SMILES string of the molecule is Cc1cccc(C(=O)Nc2nnc(S(=O)(=O)NCc3ccc(N4CCCC4)cc3)s2)c1. The lowest BCUT2D eigenvalue weighted by atomic mass is 10.1. The monoisotopic (exact) mass is 457 g/mol. The largest absolute Gasteiger partial charge is 0.372 e. The molecular weight excluding hydrogens is 434 g/mol. The van der Waals surface area contributed by atoms with Gasteiger partial charge in [0.2, 0.25) is 9.47 Å². The molecule has 1 aromatic heterocycles. The zero-order chi connectivity index (χ0) is 21.8. The second-order valence-corrected chi connectivity index (χ2v) is 10.3. The Morgan fingerprint density at radius 2 is 1.84 bits per heavy atom. The Kier molecular flexibility index (Phi) is 6.30. The van der Waals surface area contributed by atoms with E-state index in [4.69, 9.17) is 0 Å². The minimum Gasteiger partial charge on any atom is -0.372 e. The van der Waals surface area contributed by atoms with Gasteiger partial charge in [0, 0.05) is 30.9 Å². The van der Waals surface area contributed by atoms with Crippen LogP contribution in [0.4, 0.5) is 10.8 Å². The van der Waals surface area contributed by atoms with Gasteiger partial charge in [-0.25, -0.2) is 13.1 Å². The van der Waals surface area contributed by atoms with Crippen LogP contribution in [0.25, 0.3) is 0 Å². The quantitative estimate of drug-likeness (QED) is 0.528. The van der Waals surface area contributed by atoms with Gasteiger partial charge in [0.25, 0.3) is 15.9 Å². The number of nitrogens with zero attached hydrogens (tertiary/aromatic N) is 3. The van der Waals surface area contributed by atoms with Crippen molar-refractivity contribution in [1.29, 1.82) is 0 Å². The number of nitrogens with one attached hydrogen (secondary N) is 2. The Morgan fingerprint density at radius 3 is 2.55 bits per heavy atom. The predicted octanol–water partition coefficient (Wildman–Crippen LogP) is 3.18. The Bertz CT molecular complexity index is 1170. The molecule has 1 saturated heterocycles. The minimum atomic E-state index is -3.84. The predicted molar refractivity (Wildman–Crippen MR) is 121 cm³/mol. The van der Waals surface area contributed by atoms with E-state index in [9.17, 15) is 13.2 Å². The number of hydrogen-bond acceptors (Lipinski definition) is 7. The van der Waals surface area contributed by atoms with Gasteiger partial charge in [-0.3, -0.25) is 10.1 Å². The van der Waals surface area contributed by atoms with Crippen molar-refractivity contribution in [2.75, 3.05) is 23.3 Å². The molecule has 0 saturated carbocycles. The van der Waals surface area contributed by atoms with Gasteiger partial charge in [0.15, 0.2) is 0 Å². The molecule has 1 aliphatic heterocycles. The highest BCUT2D eigenvalue weighted by atomic mass is 32.2. The number of aryl methyl sites for hydroxylation is 1. The van der Waals surface area contributed by atoms with Gasteiger partial charge in [-0.2, -0.15) is 0 Å². The van der Waals surface area contributed by atoms with E-state index in [1.807, 2.05) is 37.3 Å². The van der Waals surface area contributed by atoms with E-state index in [0.29, 0.717) is 5.56 Å². The maximum atomic E-state index is 12.6. The van der Waals surface area contributed by atoms with Crippen molar-refractivity contribution in [1.82, 2.24) is 14.9 Å². The summed E-state index contributed by atoms with van der Waals surface area (Å²) in [7, 11) is -3.84. The Labute approximate surface area is 185 Å². The summed E-state index contributed by atoms with van der Waals surface area (Å²) in [5, 5.41) is 10.2. The smallest absolute Gasteiger partial charge is 0.270 e. The third-order valence-corrected chi connectivity index (χ3v) is 7.62. The molecule has 2 aromatic carbocycles. The molecule has 1 fully saturated rings. The maximum absolute atomic E-state index is 12.6. The van der Waals surface area contributed by atoms with Crippen LogP contribution in [0.3, 0.4) is 0 Å². The second-order valence-electron chi connectivity index (χ2n) is 7.38. The first kappa shape index (κ1) is 21.4. The summed E-state index contributed by atoms with van der Waals surface area (Å²) >= 11 is 0.810. The third-order valence-electron chi connectivity index (χ3n) is 5.01. The molecule has 3 aromatic rings. The molecule has 0 unspecified atom stereocenters. The number of aromatic nitrogens is 2. The number of carbonyl (C=O) groups is 1. The van der Waals surface area contributed by atoms with Crippen molar-refractivity contribution in [3.8, 4) is 0 Å². The average molecular weight is 458 g/mol. The number of benzene rings is 2. The Hall–Kier alpha value is -2.82. The van der Waals surface area contributed by atoms with Gasteiger partial charge in [-0.1, -0.05) is 41.2 Å². The van der Waals surface area contributed by atoms with E-state index in [-0.39, 0.29) is 21.9 Å². The summed E-state index contributed by atoms with van der Waals surface area (Å²) in [6, 6.07) is 15.0. The summed E-state index contributed by atoms with van der Waals surface area (Å²) in [4.78, 5) is 14.6. The first-order valence-electron chi connectivity index (χ1n) is 9.96. The average Bonchev–Trinajstić information content (AvgIpc) is 3.45. The van der Waals surface area contributed by atoms with Crippen LogP contribution in [-0.4, -0.2) is 37.6 Å². The Balaban J connectivity index is 1.36. The number of rotatable bonds is 7. The third kappa shape index (κ3) is 5.27. The molecule has 0 bridgehead atoms. The molecule has 0 aliphatic carbocycles. The van der Waals surface area contributed by atoms with E-state index in [1.54, 1.807) is 18.2 Å². The van der Waals surface area contributed by atoms with Crippen molar-refractivity contribution in [2.45, 2.75) is 30.6 Å². The minimum absolute atomic E-state index is 0.127. The van der Waals surface area contributed by atoms with Crippen molar-refractivity contribution in [3.05, 3.63) is 65.2 Å². The van der Waals surface area contributed by atoms with E-state index >= 15 is 0 Å². The first-order valence-corrected chi connectivity index (χ1v) is 12.3. The van der Waals surface area contributed by atoms with Gasteiger partial charge in [-0.05, 0) is 49.6 Å². The fraction of sp³-hybridized carbons (Fsp3) is 0.286. The maximum Gasteiger partial charge on any atom is 0.270 e. The van der Waals surface area contributed by atoms with Crippen molar-refractivity contribution < 1.29 is 13.2 Å². The van der Waals surface area contributed by atoms with Crippen LogP contribution in [0.2, 0.25) is 0 Å². The van der Waals surface area contributed by atoms with Crippen molar-refractivity contribution >= 4 is 38.1 Å². The lowest BCUT2D eigenvalue weighted by Gasteiger charge is -2.17. The highest BCUT2D eigenvalue weighted by Crippen LogP contribution is 2.22. The van der Waals surface area contributed by atoms with Gasteiger partial charge >= 0.3 is 0 Å². The lowest BCUT2D eigenvalue weighted by molar-refractivity contribution is 0.102. The van der Waals surface area contributed by atoms with Gasteiger partial charge in [0.1, 0.15) is 0 Å². The molecule has 0 atom stereocenters. The Morgan fingerprint density at radius 1 is 1.10 bits per heavy atom. The van der Waals surface area contributed by atoms with Crippen LogP contribution in [0.5, 0.6) is 0 Å². The number of anilines is 2. The standard InChI is InChI=1S/C21H23N5O3S2/c1-15-5-4-6-17(13-15)19(27)23-20-24-25-21(30-20)31(28,29)22-14-16-7-9-18(10-8-16)26-11-2-3-12-26/h4-10,13,22H,2-3,11-12,14H2,1H3,(H,23,24,27). The van der Waals surface area contributed by atoms with Crippen molar-refractivity contribution in [3.63, 3.8) is 0 Å². The zero-order valence-electron chi connectivity index (χ0n) is 17.0. The van der Waals surface area contributed by atoms with Crippen LogP contribution in [0.15, 0.2) is 52.9 Å². The van der Waals surface area contributed by atoms with Crippen LogP contribution in [0.1, 0.15) is 34.3 Å². The molecule has 1 aliphatic rings. The van der Waals surface area contributed by atoms with E-state index < -0.39 is 10.0 Å². The molecule has 0 spiro atoms. The molecular formula is C21H23N5O3S2. The first-order chi connectivity index (χ1) is 14.9. The number of hydrogen-bond donors (Lipinski definition) is 2. The van der Waals surface area contributed by atoms with Gasteiger partial charge in [0.05, 0.1) is 0 Å². The molecule has 1 amide bonds. The van der Waals surface area contributed by atoms with Crippen molar-refractivity contribution in [2.24, 2.45) is 0 Å². The summed E-state index contributed by atoms with van der Waals surface area (Å²) in [5.41, 5.74) is 3.42. The topological polar surface area (TPSA) is 104 Å². The summed E-state index contributed by atoms with van der Waals surface area (Å²) in [6.07, 6.45) is 2.41. The number of carbonyl (C=O) groups excluding carboxylic acids is 1. The van der Waals surface area contributed by atoms with Crippen LogP contribution in [-0.2, 0) is 16.6 Å². The normalized spacial score (nSPS) is 14.0. The molecule has 2 N–H and O–H groups in total. The summed E-state index contributed by atoms with van der Waals surface area (Å²) < 4.78 is 27.5. The van der Waals surface area contributed by atoms with Crippen LogP contribution in [0, 0.1) is 6.92 Å².